The van der Waals surface area contributed by atoms with Crippen molar-refractivity contribution < 1.29 is 18.3 Å². The van der Waals surface area contributed by atoms with E-state index in [4.69, 9.17) is 22.0 Å². The Bertz CT molecular complexity index is 712. The lowest BCUT2D eigenvalue weighted by Crippen LogP contribution is -2.33. The second-order valence-corrected chi connectivity index (χ2v) is 6.56. The van der Waals surface area contributed by atoms with Crippen LogP contribution in [0.4, 0.5) is 13.2 Å². The molecule has 1 aromatic carbocycles. The Morgan fingerprint density at radius 3 is 2.60 bits per heavy atom. The van der Waals surface area contributed by atoms with Gasteiger partial charge in [-0.2, -0.15) is 18.4 Å². The molecule has 0 heterocycles. The highest BCUT2D eigenvalue weighted by molar-refractivity contribution is 8.03. The van der Waals surface area contributed by atoms with Crippen LogP contribution >= 0.6 is 23.4 Å². The van der Waals surface area contributed by atoms with E-state index in [1.165, 1.54) is 25.1 Å². The maximum atomic E-state index is 13.4. The first-order chi connectivity index (χ1) is 11.7. The average molecular weight is 392 g/mol. The van der Waals surface area contributed by atoms with Crippen LogP contribution in [0.5, 0.6) is 0 Å². The highest BCUT2D eigenvalue weighted by atomic mass is 35.5. The summed E-state index contributed by atoms with van der Waals surface area (Å²) in [7, 11) is 0. The number of hydrogen-bond donors (Lipinski definition) is 2. The molecule has 0 atom stereocenters. The van der Waals surface area contributed by atoms with E-state index in [0.29, 0.717) is 11.4 Å². The number of hydrogen-bond acceptors (Lipinski definition) is 4. The number of nitrogens with zero attached hydrogens (tertiary/aromatic N) is 2. The Morgan fingerprint density at radius 2 is 2.08 bits per heavy atom. The molecule has 136 valence electrons. The number of aliphatic hydroxyl groups is 1. The highest BCUT2D eigenvalue weighted by Gasteiger charge is 2.36. The first kappa shape index (κ1) is 21.4. The van der Waals surface area contributed by atoms with Crippen LogP contribution in [0.3, 0.4) is 0 Å². The van der Waals surface area contributed by atoms with Gasteiger partial charge in [-0.1, -0.05) is 23.4 Å². The van der Waals surface area contributed by atoms with Crippen molar-refractivity contribution in [2.24, 2.45) is 4.99 Å². The van der Waals surface area contributed by atoms with Crippen LogP contribution < -0.4 is 5.32 Å². The molecule has 1 aromatic rings. The molecule has 0 aliphatic heterocycles. The number of halogens is 4. The van der Waals surface area contributed by atoms with E-state index in [9.17, 15) is 13.2 Å². The molecule has 0 unspecified atom stereocenters. The van der Waals surface area contributed by atoms with E-state index in [2.05, 4.69) is 10.3 Å². The van der Waals surface area contributed by atoms with Gasteiger partial charge in [0.2, 0.25) is 0 Å². The third-order valence-corrected chi connectivity index (χ3v) is 4.07. The van der Waals surface area contributed by atoms with E-state index in [1.807, 2.05) is 6.07 Å². The smallest absolute Gasteiger partial charge is 0.396 e. The molecule has 1 rings (SSSR count). The molecular formula is C16H17ClF3N3OS. The summed E-state index contributed by atoms with van der Waals surface area (Å²) in [6, 6.07) is 6.29. The maximum Gasteiger partial charge on any atom is 0.432 e. The van der Waals surface area contributed by atoms with Gasteiger partial charge in [-0.25, -0.2) is 0 Å². The molecule has 0 fully saturated rings. The van der Waals surface area contributed by atoms with Crippen molar-refractivity contribution in [2.75, 3.05) is 13.2 Å². The van der Waals surface area contributed by atoms with Gasteiger partial charge < -0.3 is 10.4 Å². The number of allylic oxidation sites excluding steroid dienone is 2. The van der Waals surface area contributed by atoms with Gasteiger partial charge in [-0.15, -0.1) is 0 Å². The molecule has 0 spiro atoms. The standard InChI is InChI=1S/C16H17ClF3N3OS/c1-3-22-14(4-5-24)23-15(16(18,19)20)10(2)25-13-7-11(9-21)6-12(17)8-13/h6-8,24H,3-5H2,1-2H3,(H,22,23)/b15-10+. The van der Waals surface area contributed by atoms with E-state index < -0.39 is 11.9 Å². The zero-order chi connectivity index (χ0) is 19.0. The van der Waals surface area contributed by atoms with Gasteiger partial charge in [0.15, 0.2) is 0 Å². The molecule has 0 bridgehead atoms. The zero-order valence-electron chi connectivity index (χ0n) is 13.6. The maximum absolute atomic E-state index is 13.4. The number of aliphatic imine (C=N–C) groups is 1. The third-order valence-electron chi connectivity index (χ3n) is 2.87. The Kier molecular flexibility index (Phi) is 8.29. The molecule has 2 N–H and O–H groups in total. The normalized spacial score (nSPS) is 13.3. The van der Waals surface area contributed by atoms with Crippen molar-refractivity contribution >= 4 is 29.2 Å². The SMILES string of the molecule is CCN=C(CCO)N/C(=C(\C)Sc1cc(Cl)cc(C#N)c1)C(F)(F)F. The zero-order valence-corrected chi connectivity index (χ0v) is 15.2. The molecule has 0 saturated carbocycles. The first-order valence-electron chi connectivity index (χ1n) is 7.29. The fourth-order valence-electron chi connectivity index (χ4n) is 1.89. The van der Waals surface area contributed by atoms with Gasteiger partial charge in [0, 0.05) is 27.8 Å². The van der Waals surface area contributed by atoms with Crippen LogP contribution in [0.2, 0.25) is 5.02 Å². The number of thioether (sulfide) groups is 1. The van der Waals surface area contributed by atoms with Gasteiger partial charge in [0.05, 0.1) is 18.2 Å². The number of nitriles is 1. The second-order valence-electron chi connectivity index (χ2n) is 4.84. The summed E-state index contributed by atoms with van der Waals surface area (Å²) in [5.74, 6) is 0.0566. The third kappa shape index (κ3) is 6.98. The van der Waals surface area contributed by atoms with Crippen molar-refractivity contribution in [1.82, 2.24) is 5.32 Å². The predicted octanol–water partition coefficient (Wildman–Crippen LogP) is 4.49. The minimum atomic E-state index is -4.63. The topological polar surface area (TPSA) is 68.4 Å². The molecule has 25 heavy (non-hydrogen) atoms. The highest BCUT2D eigenvalue weighted by Crippen LogP contribution is 2.36. The van der Waals surface area contributed by atoms with Crippen molar-refractivity contribution in [1.29, 1.82) is 5.26 Å². The Hall–Kier alpha value is -1.69. The molecule has 0 aliphatic carbocycles. The summed E-state index contributed by atoms with van der Waals surface area (Å²) in [6.07, 6.45) is -4.64. The predicted molar refractivity (Wildman–Crippen MR) is 93.6 cm³/mol. The van der Waals surface area contributed by atoms with Crippen LogP contribution in [0.1, 0.15) is 25.8 Å². The van der Waals surface area contributed by atoms with Crippen LogP contribution in [0, 0.1) is 11.3 Å². The summed E-state index contributed by atoms with van der Waals surface area (Å²) >= 11 is 6.73. The van der Waals surface area contributed by atoms with Crippen molar-refractivity contribution in [3.05, 3.63) is 39.4 Å². The number of rotatable bonds is 6. The van der Waals surface area contributed by atoms with Gasteiger partial charge in [-0.3, -0.25) is 4.99 Å². The summed E-state index contributed by atoms with van der Waals surface area (Å²) in [6.45, 7) is 2.98. The van der Waals surface area contributed by atoms with E-state index in [0.717, 1.165) is 11.8 Å². The van der Waals surface area contributed by atoms with Crippen LogP contribution in [-0.4, -0.2) is 30.3 Å². The summed E-state index contributed by atoms with van der Waals surface area (Å²) in [4.78, 5) is 4.30. The van der Waals surface area contributed by atoms with Gasteiger partial charge in [0.25, 0.3) is 0 Å². The lowest BCUT2D eigenvalue weighted by Gasteiger charge is -2.18. The largest absolute Gasteiger partial charge is 0.432 e. The van der Waals surface area contributed by atoms with E-state index in [-0.39, 0.29) is 34.4 Å². The molecule has 4 nitrogen and oxygen atoms in total. The van der Waals surface area contributed by atoms with Crippen molar-refractivity contribution in [3.63, 3.8) is 0 Å². The summed E-state index contributed by atoms with van der Waals surface area (Å²) < 4.78 is 40.2. The first-order valence-corrected chi connectivity index (χ1v) is 8.48. The summed E-state index contributed by atoms with van der Waals surface area (Å²) in [5, 5.41) is 20.5. The fourth-order valence-corrected chi connectivity index (χ4v) is 3.19. The molecule has 0 radical (unpaired) electrons. The summed E-state index contributed by atoms with van der Waals surface area (Å²) in [5.41, 5.74) is -0.700. The van der Waals surface area contributed by atoms with Gasteiger partial charge in [-0.05, 0) is 32.0 Å². The van der Waals surface area contributed by atoms with Crippen molar-refractivity contribution in [2.45, 2.75) is 31.3 Å². The number of aliphatic hydroxyl groups excluding tert-OH is 1. The van der Waals surface area contributed by atoms with Gasteiger partial charge in [0.1, 0.15) is 11.5 Å². The number of benzene rings is 1. The second kappa shape index (κ2) is 9.70. The Balaban J connectivity index is 3.22. The molecule has 0 aromatic heterocycles. The number of amidine groups is 1. The lowest BCUT2D eigenvalue weighted by molar-refractivity contribution is -0.0953. The van der Waals surface area contributed by atoms with Gasteiger partial charge >= 0.3 is 6.18 Å². The average Bonchev–Trinajstić information content (AvgIpc) is 2.50. The number of alkyl halides is 3. The fraction of sp³-hybridized carbons (Fsp3) is 0.375. The van der Waals surface area contributed by atoms with E-state index >= 15 is 0 Å². The molecular weight excluding hydrogens is 375 g/mol. The van der Waals surface area contributed by atoms with Crippen molar-refractivity contribution in [3.8, 4) is 6.07 Å². The Morgan fingerprint density at radius 1 is 1.40 bits per heavy atom. The minimum Gasteiger partial charge on any atom is -0.396 e. The molecule has 9 heteroatoms. The number of nitrogens with one attached hydrogen (secondary N) is 1. The van der Waals surface area contributed by atoms with Crippen LogP contribution in [-0.2, 0) is 0 Å². The van der Waals surface area contributed by atoms with Crippen LogP contribution in [0.15, 0.2) is 38.7 Å². The monoisotopic (exact) mass is 391 g/mol. The molecule has 0 saturated heterocycles. The molecule has 0 amide bonds. The van der Waals surface area contributed by atoms with E-state index in [1.54, 1.807) is 6.92 Å². The van der Waals surface area contributed by atoms with Crippen LogP contribution in [0.25, 0.3) is 0 Å². The quantitative estimate of drug-likeness (QED) is 0.426. The lowest BCUT2D eigenvalue weighted by atomic mass is 10.2. The molecule has 0 aliphatic rings. The minimum absolute atomic E-state index is 0.0128. The Labute approximate surface area is 153 Å².